The fraction of sp³-hybridized carbons (Fsp3) is 0.394. The summed E-state index contributed by atoms with van der Waals surface area (Å²) in [5.74, 6) is -1.04. The number of nitrogens with zero attached hydrogens (tertiary/aromatic N) is 2. The number of halogens is 1. The molecule has 1 fully saturated rings. The van der Waals surface area contributed by atoms with E-state index in [0.717, 1.165) is 43.1 Å². The molecule has 0 radical (unpaired) electrons. The summed E-state index contributed by atoms with van der Waals surface area (Å²) in [6.45, 7) is 1.94. The fourth-order valence-corrected chi connectivity index (χ4v) is 6.41. The number of nitrogens with one attached hydrogen (secondary N) is 1. The van der Waals surface area contributed by atoms with Gasteiger partial charge in [0.15, 0.2) is 0 Å². The van der Waals surface area contributed by atoms with Crippen LogP contribution in [0.4, 0.5) is 10.1 Å². The van der Waals surface area contributed by atoms with Crippen molar-refractivity contribution in [1.29, 1.82) is 0 Å². The van der Waals surface area contributed by atoms with Gasteiger partial charge >= 0.3 is 0 Å². The second kappa shape index (κ2) is 14.4. The van der Waals surface area contributed by atoms with Gasteiger partial charge in [0.2, 0.25) is 21.8 Å². The lowest BCUT2D eigenvalue weighted by atomic mass is 10.0. The third-order valence-corrected chi connectivity index (χ3v) is 8.94. The Morgan fingerprint density at radius 3 is 2.24 bits per heavy atom. The van der Waals surface area contributed by atoms with Gasteiger partial charge in [-0.15, -0.1) is 0 Å². The number of hydrogen-bond acceptors (Lipinski definition) is 4. The Morgan fingerprint density at radius 1 is 0.952 bits per heavy atom. The summed E-state index contributed by atoms with van der Waals surface area (Å²) < 4.78 is 41.3. The second-order valence-electron chi connectivity index (χ2n) is 11.1. The molecule has 3 aromatic rings. The lowest BCUT2D eigenvalue weighted by Gasteiger charge is -2.33. The molecule has 9 heteroatoms. The first kappa shape index (κ1) is 31.2. The van der Waals surface area contributed by atoms with Crippen molar-refractivity contribution in [3.63, 3.8) is 0 Å². The molecule has 1 atom stereocenters. The minimum Gasteiger partial charge on any atom is -0.352 e. The van der Waals surface area contributed by atoms with E-state index in [1.807, 2.05) is 49.4 Å². The highest BCUT2D eigenvalue weighted by atomic mass is 32.2. The first-order valence-corrected chi connectivity index (χ1v) is 16.4. The lowest BCUT2D eigenvalue weighted by molar-refractivity contribution is -0.141. The van der Waals surface area contributed by atoms with Gasteiger partial charge in [-0.25, -0.2) is 12.8 Å². The van der Waals surface area contributed by atoms with E-state index in [4.69, 9.17) is 0 Å². The van der Waals surface area contributed by atoms with Crippen molar-refractivity contribution in [2.45, 2.75) is 70.5 Å². The van der Waals surface area contributed by atoms with Gasteiger partial charge in [-0.05, 0) is 49.9 Å². The average molecular weight is 594 g/mol. The highest BCUT2D eigenvalue weighted by Gasteiger charge is 2.32. The van der Waals surface area contributed by atoms with E-state index < -0.39 is 21.9 Å². The van der Waals surface area contributed by atoms with E-state index in [-0.39, 0.29) is 50.2 Å². The molecule has 0 spiro atoms. The summed E-state index contributed by atoms with van der Waals surface area (Å²) in [5.41, 5.74) is 2.73. The number of anilines is 1. The van der Waals surface area contributed by atoms with Gasteiger partial charge in [0, 0.05) is 37.5 Å². The standard InChI is InChI=1S/C33H40FN3O4S/c1-25-18-20-29(21-19-25)37(42(2,40)41)22-10-17-32(38)36(24-27-13-6-9-16-30(27)34)31(23-26-11-4-3-5-12-26)33(39)35-28-14-7-8-15-28/h3-6,9,11-13,16,18-21,28,31H,7-8,10,14-15,17,22-24H2,1-2H3,(H,35,39)/t31-/m1/s1. The van der Waals surface area contributed by atoms with Gasteiger partial charge in [0.1, 0.15) is 11.9 Å². The Morgan fingerprint density at radius 2 is 1.60 bits per heavy atom. The molecule has 0 aliphatic heterocycles. The number of carbonyl (C=O) groups is 2. The van der Waals surface area contributed by atoms with Crippen molar-refractivity contribution in [3.05, 3.63) is 101 Å². The lowest BCUT2D eigenvalue weighted by Crippen LogP contribution is -2.52. The van der Waals surface area contributed by atoms with Gasteiger partial charge in [-0.3, -0.25) is 13.9 Å². The predicted octanol–water partition coefficient (Wildman–Crippen LogP) is 5.38. The molecule has 3 aromatic carbocycles. The Hall–Kier alpha value is -3.72. The summed E-state index contributed by atoms with van der Waals surface area (Å²) in [6.07, 6.45) is 5.52. The molecule has 0 aromatic heterocycles. The Labute approximate surface area is 248 Å². The van der Waals surface area contributed by atoms with E-state index in [1.165, 1.54) is 15.3 Å². The average Bonchev–Trinajstić information content (AvgIpc) is 3.47. The summed E-state index contributed by atoms with van der Waals surface area (Å²) in [7, 11) is -3.59. The molecule has 1 N–H and O–H groups in total. The molecular formula is C33H40FN3O4S. The molecule has 0 heterocycles. The quantitative estimate of drug-likeness (QED) is 0.288. The molecule has 0 unspecified atom stereocenters. The maximum absolute atomic E-state index is 14.8. The molecule has 4 rings (SSSR count). The zero-order valence-electron chi connectivity index (χ0n) is 24.3. The van der Waals surface area contributed by atoms with Crippen LogP contribution in [0, 0.1) is 12.7 Å². The topological polar surface area (TPSA) is 86.8 Å². The Balaban J connectivity index is 1.59. The summed E-state index contributed by atoms with van der Waals surface area (Å²) >= 11 is 0. The normalized spacial score (nSPS) is 14.4. The molecular weight excluding hydrogens is 553 g/mol. The van der Waals surface area contributed by atoms with Crippen LogP contribution in [0.5, 0.6) is 0 Å². The molecule has 224 valence electrons. The maximum Gasteiger partial charge on any atom is 0.243 e. The molecule has 2 amide bonds. The van der Waals surface area contributed by atoms with Crippen LogP contribution in [-0.2, 0) is 32.6 Å². The van der Waals surface area contributed by atoms with Crippen LogP contribution < -0.4 is 9.62 Å². The first-order chi connectivity index (χ1) is 20.1. The van der Waals surface area contributed by atoms with Crippen molar-refractivity contribution in [2.24, 2.45) is 0 Å². The maximum atomic E-state index is 14.8. The fourth-order valence-electron chi connectivity index (χ4n) is 5.45. The molecule has 42 heavy (non-hydrogen) atoms. The molecule has 1 aliphatic carbocycles. The van der Waals surface area contributed by atoms with Gasteiger partial charge in [0.25, 0.3) is 0 Å². The SMILES string of the molecule is Cc1ccc(N(CCCC(=O)N(Cc2ccccc2F)[C@H](Cc2ccccc2)C(=O)NC2CCCC2)S(C)(=O)=O)cc1. The van der Waals surface area contributed by atoms with Crippen molar-refractivity contribution < 1.29 is 22.4 Å². The number of aryl methyl sites for hydroxylation is 1. The predicted molar refractivity (Wildman–Crippen MR) is 164 cm³/mol. The van der Waals surface area contributed by atoms with E-state index in [0.29, 0.717) is 11.3 Å². The van der Waals surface area contributed by atoms with Crippen LogP contribution in [0.3, 0.4) is 0 Å². The third-order valence-electron chi connectivity index (χ3n) is 7.75. The first-order valence-electron chi connectivity index (χ1n) is 14.5. The minimum absolute atomic E-state index is 0.00562. The zero-order chi connectivity index (χ0) is 30.1. The number of amides is 2. The summed E-state index contributed by atoms with van der Waals surface area (Å²) in [4.78, 5) is 29.1. The van der Waals surface area contributed by atoms with Crippen LogP contribution >= 0.6 is 0 Å². The number of benzene rings is 3. The van der Waals surface area contributed by atoms with Gasteiger partial charge in [-0.2, -0.15) is 0 Å². The zero-order valence-corrected chi connectivity index (χ0v) is 25.2. The second-order valence-corrected chi connectivity index (χ2v) is 13.0. The van der Waals surface area contributed by atoms with E-state index in [1.54, 1.807) is 30.3 Å². The molecule has 1 saturated carbocycles. The molecule has 0 saturated heterocycles. The smallest absolute Gasteiger partial charge is 0.243 e. The van der Waals surface area contributed by atoms with Crippen molar-refractivity contribution in [2.75, 3.05) is 17.1 Å². The van der Waals surface area contributed by atoms with Crippen LogP contribution in [0.1, 0.15) is 55.2 Å². The minimum atomic E-state index is -3.59. The van der Waals surface area contributed by atoms with Crippen LogP contribution in [0.2, 0.25) is 0 Å². The summed E-state index contributed by atoms with van der Waals surface area (Å²) in [6, 6.07) is 22.1. The number of rotatable bonds is 13. The summed E-state index contributed by atoms with van der Waals surface area (Å²) in [5, 5.41) is 3.14. The Bertz CT molecular complexity index is 1440. The van der Waals surface area contributed by atoms with Crippen LogP contribution in [0.25, 0.3) is 0 Å². The van der Waals surface area contributed by atoms with E-state index in [9.17, 15) is 22.4 Å². The van der Waals surface area contributed by atoms with Gasteiger partial charge in [-0.1, -0.05) is 79.1 Å². The highest BCUT2D eigenvalue weighted by Crippen LogP contribution is 2.23. The van der Waals surface area contributed by atoms with E-state index >= 15 is 0 Å². The molecule has 1 aliphatic rings. The highest BCUT2D eigenvalue weighted by molar-refractivity contribution is 7.92. The number of hydrogen-bond donors (Lipinski definition) is 1. The van der Waals surface area contributed by atoms with Crippen LogP contribution in [0.15, 0.2) is 78.9 Å². The molecule has 0 bridgehead atoms. The van der Waals surface area contributed by atoms with Gasteiger partial charge in [0.05, 0.1) is 11.9 Å². The largest absolute Gasteiger partial charge is 0.352 e. The van der Waals surface area contributed by atoms with Crippen LogP contribution in [-0.4, -0.2) is 50.0 Å². The number of sulfonamides is 1. The monoisotopic (exact) mass is 593 g/mol. The number of carbonyl (C=O) groups excluding carboxylic acids is 2. The van der Waals surface area contributed by atoms with Gasteiger partial charge < -0.3 is 10.2 Å². The molecule has 7 nitrogen and oxygen atoms in total. The van der Waals surface area contributed by atoms with Crippen molar-refractivity contribution in [3.8, 4) is 0 Å². The van der Waals surface area contributed by atoms with E-state index in [2.05, 4.69) is 5.32 Å². The third kappa shape index (κ3) is 8.64. The van der Waals surface area contributed by atoms with Crippen molar-refractivity contribution in [1.82, 2.24) is 10.2 Å². The Kier molecular flexibility index (Phi) is 10.7. The van der Waals surface area contributed by atoms with Crippen molar-refractivity contribution >= 4 is 27.5 Å².